The summed E-state index contributed by atoms with van der Waals surface area (Å²) in [6, 6.07) is 0. The van der Waals surface area contributed by atoms with E-state index in [-0.39, 0.29) is 5.57 Å². The summed E-state index contributed by atoms with van der Waals surface area (Å²) in [4.78, 5) is 0. The zero-order chi connectivity index (χ0) is 12.6. The molecule has 0 fully saturated rings. The lowest BCUT2D eigenvalue weighted by molar-refractivity contribution is 0.0679. The van der Waals surface area contributed by atoms with Gasteiger partial charge in [-0.25, -0.2) is 8.78 Å². The van der Waals surface area contributed by atoms with Crippen molar-refractivity contribution in [1.82, 2.24) is 0 Å². The molecule has 0 rings (SSSR count). The Kier molecular flexibility index (Phi) is 7.76. The Morgan fingerprint density at radius 3 is 1.80 bits per heavy atom. The molecule has 0 aliphatic heterocycles. The van der Waals surface area contributed by atoms with Crippen LogP contribution in [0.5, 0.6) is 0 Å². The first-order chi connectivity index (χ1) is 6.79. The van der Waals surface area contributed by atoms with Crippen molar-refractivity contribution in [3.05, 3.63) is 48.6 Å². The van der Waals surface area contributed by atoms with Gasteiger partial charge in [-0.2, -0.15) is 0 Å². The Hall–Kier alpha value is -1.18. The molecule has 0 aromatic carbocycles. The molecule has 0 aliphatic carbocycles. The summed E-state index contributed by atoms with van der Waals surface area (Å²) in [5.41, 5.74) is 1.05. The van der Waals surface area contributed by atoms with Crippen LogP contribution in [0.1, 0.15) is 27.7 Å². The van der Waals surface area contributed by atoms with Crippen LogP contribution in [0.4, 0.5) is 8.78 Å². The lowest BCUT2D eigenvalue weighted by Gasteiger charge is -2.11. The second-order valence-electron chi connectivity index (χ2n) is 3.00. The fourth-order valence-corrected chi connectivity index (χ4v) is 0.671. The van der Waals surface area contributed by atoms with Gasteiger partial charge in [0.1, 0.15) is 0 Å². The van der Waals surface area contributed by atoms with E-state index in [2.05, 4.69) is 19.7 Å². The minimum absolute atomic E-state index is 0.231. The van der Waals surface area contributed by atoms with Crippen molar-refractivity contribution in [2.75, 3.05) is 0 Å². The minimum Gasteiger partial charge on any atom is -0.202 e. The molecule has 0 N–H and O–H groups in total. The van der Waals surface area contributed by atoms with Crippen molar-refractivity contribution in [3.63, 3.8) is 0 Å². The van der Waals surface area contributed by atoms with Crippen molar-refractivity contribution < 1.29 is 8.78 Å². The summed E-state index contributed by atoms with van der Waals surface area (Å²) in [6.07, 6.45) is 2.79. The fourth-order valence-electron chi connectivity index (χ4n) is 0.671. The monoisotopic (exact) mass is 214 g/mol. The summed E-state index contributed by atoms with van der Waals surface area (Å²) in [6.45, 7) is 17.0. The number of alkyl halides is 2. The highest BCUT2D eigenvalue weighted by molar-refractivity contribution is 5.41. The first kappa shape index (κ1) is 16.3. The van der Waals surface area contributed by atoms with Gasteiger partial charge in [-0.3, -0.25) is 0 Å². The van der Waals surface area contributed by atoms with Crippen LogP contribution >= 0.6 is 0 Å². The fraction of sp³-hybridized carbons (Fsp3) is 0.385. The number of hydrogen-bond donors (Lipinski definition) is 0. The average molecular weight is 214 g/mol. The number of halogens is 2. The maximum Gasteiger partial charge on any atom is 0.269 e. The van der Waals surface area contributed by atoms with Crippen molar-refractivity contribution >= 4 is 0 Å². The number of allylic oxidation sites excluding steroid dienone is 5. The zero-order valence-corrected chi connectivity index (χ0v) is 10.0. The Morgan fingerprint density at radius 1 is 1.20 bits per heavy atom. The van der Waals surface area contributed by atoms with E-state index in [1.54, 1.807) is 6.92 Å². The van der Waals surface area contributed by atoms with E-state index in [4.69, 9.17) is 0 Å². The maximum absolute atomic E-state index is 12.7. The molecule has 0 aromatic heterocycles. The first-order valence-electron chi connectivity index (χ1n) is 4.86. The summed E-state index contributed by atoms with van der Waals surface area (Å²) >= 11 is 0. The highest BCUT2D eigenvalue weighted by Crippen LogP contribution is 2.24. The molecule has 0 heterocycles. The van der Waals surface area contributed by atoms with Crippen LogP contribution in [0.25, 0.3) is 0 Å². The molecule has 15 heavy (non-hydrogen) atoms. The molecule has 86 valence electrons. The SMILES string of the molecule is C=C/C(=C\C(=C)C(C)(F)F)C(=C)C.CC. The topological polar surface area (TPSA) is 0 Å². The third-order valence-corrected chi connectivity index (χ3v) is 1.61. The lowest BCUT2D eigenvalue weighted by atomic mass is 10.0. The Morgan fingerprint density at radius 2 is 1.60 bits per heavy atom. The standard InChI is InChI=1S/C11H14F2.C2H6/c1-6-10(8(2)3)7-9(4)11(5,12)13;1-2/h6-7H,1-2,4H2,3,5H3;1-2H3/b10-7+;. The molecule has 0 saturated heterocycles. The molecule has 0 unspecified atom stereocenters. The summed E-state index contributed by atoms with van der Waals surface area (Å²) in [5, 5.41) is 0. The predicted octanol–water partition coefficient (Wildman–Crippen LogP) is 4.91. The third kappa shape index (κ3) is 6.83. The van der Waals surface area contributed by atoms with Crippen LogP contribution in [-0.4, -0.2) is 5.92 Å². The Balaban J connectivity index is 0. The van der Waals surface area contributed by atoms with Crippen molar-refractivity contribution in [2.45, 2.75) is 33.6 Å². The van der Waals surface area contributed by atoms with Crippen LogP contribution in [0.15, 0.2) is 48.6 Å². The van der Waals surface area contributed by atoms with E-state index in [1.165, 1.54) is 12.2 Å². The summed E-state index contributed by atoms with van der Waals surface area (Å²) in [7, 11) is 0. The van der Waals surface area contributed by atoms with E-state index >= 15 is 0 Å². The average Bonchev–Trinajstić information content (AvgIpc) is 2.14. The molecule has 0 aliphatic rings. The first-order valence-corrected chi connectivity index (χ1v) is 4.86. The zero-order valence-electron chi connectivity index (χ0n) is 10.0. The highest BCUT2D eigenvalue weighted by atomic mass is 19.3. The second-order valence-corrected chi connectivity index (χ2v) is 3.00. The van der Waals surface area contributed by atoms with Gasteiger partial charge >= 0.3 is 0 Å². The Labute approximate surface area is 91.7 Å². The molecule has 0 spiro atoms. The molecule has 0 atom stereocenters. The van der Waals surface area contributed by atoms with Crippen LogP contribution in [0, 0.1) is 0 Å². The smallest absolute Gasteiger partial charge is 0.202 e. The highest BCUT2D eigenvalue weighted by Gasteiger charge is 2.23. The summed E-state index contributed by atoms with van der Waals surface area (Å²) < 4.78 is 25.3. The molecule has 0 saturated carbocycles. The van der Waals surface area contributed by atoms with Gasteiger partial charge in [-0.15, -0.1) is 0 Å². The molecular formula is C13H20F2. The predicted molar refractivity (Wildman–Crippen MR) is 64.2 cm³/mol. The van der Waals surface area contributed by atoms with Crippen LogP contribution in [-0.2, 0) is 0 Å². The van der Waals surface area contributed by atoms with Crippen LogP contribution in [0.2, 0.25) is 0 Å². The maximum atomic E-state index is 12.7. The van der Waals surface area contributed by atoms with Gasteiger partial charge in [0, 0.05) is 12.5 Å². The molecule has 0 bridgehead atoms. The van der Waals surface area contributed by atoms with Crippen molar-refractivity contribution in [2.24, 2.45) is 0 Å². The second kappa shape index (κ2) is 7.16. The van der Waals surface area contributed by atoms with Gasteiger partial charge in [-0.1, -0.05) is 45.2 Å². The van der Waals surface area contributed by atoms with Gasteiger partial charge in [0.2, 0.25) is 0 Å². The van der Waals surface area contributed by atoms with E-state index in [9.17, 15) is 8.78 Å². The summed E-state index contributed by atoms with van der Waals surface area (Å²) in [5.74, 6) is -2.89. The quantitative estimate of drug-likeness (QED) is 0.583. The van der Waals surface area contributed by atoms with Gasteiger partial charge < -0.3 is 0 Å². The largest absolute Gasteiger partial charge is 0.269 e. The molecule has 0 radical (unpaired) electrons. The van der Waals surface area contributed by atoms with Gasteiger partial charge in [-0.05, 0) is 18.6 Å². The Bertz CT molecular complexity index is 265. The van der Waals surface area contributed by atoms with Gasteiger partial charge in [0.25, 0.3) is 5.92 Å². The minimum atomic E-state index is -2.89. The lowest BCUT2D eigenvalue weighted by Crippen LogP contribution is -2.11. The number of hydrogen-bond acceptors (Lipinski definition) is 0. The van der Waals surface area contributed by atoms with E-state index in [0.29, 0.717) is 11.1 Å². The normalized spacial score (nSPS) is 11.2. The van der Waals surface area contributed by atoms with Crippen LogP contribution in [0.3, 0.4) is 0 Å². The van der Waals surface area contributed by atoms with Gasteiger partial charge in [0.05, 0.1) is 0 Å². The molecule has 0 nitrogen and oxygen atoms in total. The van der Waals surface area contributed by atoms with Crippen molar-refractivity contribution in [3.8, 4) is 0 Å². The van der Waals surface area contributed by atoms with E-state index in [1.807, 2.05) is 13.8 Å². The molecule has 0 aromatic rings. The molecule has 0 amide bonds. The van der Waals surface area contributed by atoms with E-state index < -0.39 is 5.92 Å². The molecular weight excluding hydrogens is 194 g/mol. The van der Waals surface area contributed by atoms with E-state index in [0.717, 1.165) is 6.92 Å². The molecule has 2 heteroatoms. The van der Waals surface area contributed by atoms with Crippen molar-refractivity contribution in [1.29, 1.82) is 0 Å². The third-order valence-electron chi connectivity index (χ3n) is 1.61. The van der Waals surface area contributed by atoms with Crippen LogP contribution < -0.4 is 0 Å². The number of rotatable bonds is 4. The van der Waals surface area contributed by atoms with Gasteiger partial charge in [0.15, 0.2) is 0 Å².